The minimum Gasteiger partial charge on any atom is -0.369 e. The van der Waals surface area contributed by atoms with E-state index >= 15 is 0 Å². The second kappa shape index (κ2) is 9.25. The van der Waals surface area contributed by atoms with Gasteiger partial charge in [-0.1, -0.05) is 35.3 Å². The van der Waals surface area contributed by atoms with Crippen LogP contribution in [0.5, 0.6) is 0 Å². The van der Waals surface area contributed by atoms with Gasteiger partial charge in [-0.25, -0.2) is 4.99 Å². The molecular weight excluding hydrogens is 476 g/mol. The SMILES string of the molecule is CC1(C)N=C(N)N=C(N)N1c1ccc(CCCCc2ccc(Cl)cc2S(=O)(=O)F)c(Cl)c1. The van der Waals surface area contributed by atoms with Crippen molar-refractivity contribution >= 4 is 51.0 Å². The van der Waals surface area contributed by atoms with Gasteiger partial charge in [-0.3, -0.25) is 4.90 Å². The number of hydrogen-bond donors (Lipinski definition) is 2. The van der Waals surface area contributed by atoms with Crippen LogP contribution in [0.1, 0.15) is 37.8 Å². The molecule has 0 amide bonds. The summed E-state index contributed by atoms with van der Waals surface area (Å²) >= 11 is 12.3. The molecule has 0 atom stereocenters. The maximum atomic E-state index is 13.5. The number of unbranched alkanes of at least 4 members (excludes halogenated alkanes) is 1. The van der Waals surface area contributed by atoms with Gasteiger partial charge in [0.15, 0.2) is 0 Å². The number of guanidine groups is 2. The van der Waals surface area contributed by atoms with E-state index < -0.39 is 15.9 Å². The standard InChI is InChI=1S/C21H24Cl2FN5O2S/c1-21(2)28-19(25)27-20(26)29(21)16-10-8-13(17(23)12-16)5-3-4-6-14-7-9-15(22)11-18(14)32(24,30)31/h7-12H,3-6H2,1-2H3,(H4,25,26,27,28). The summed E-state index contributed by atoms with van der Waals surface area (Å²) in [4.78, 5) is 9.73. The van der Waals surface area contributed by atoms with Crippen LogP contribution < -0.4 is 16.4 Å². The van der Waals surface area contributed by atoms with Crippen molar-refractivity contribution in [3.8, 4) is 0 Å². The molecule has 1 heterocycles. The van der Waals surface area contributed by atoms with Crippen molar-refractivity contribution in [2.45, 2.75) is 50.1 Å². The molecule has 0 fully saturated rings. The van der Waals surface area contributed by atoms with Crippen molar-refractivity contribution in [1.82, 2.24) is 0 Å². The van der Waals surface area contributed by atoms with E-state index in [0.717, 1.165) is 23.7 Å². The van der Waals surface area contributed by atoms with Gasteiger partial charge in [0.05, 0.1) is 0 Å². The van der Waals surface area contributed by atoms with Gasteiger partial charge >= 0.3 is 10.2 Å². The first-order valence-electron chi connectivity index (χ1n) is 9.90. The topological polar surface area (TPSA) is 114 Å². The van der Waals surface area contributed by atoms with Crippen LogP contribution >= 0.6 is 23.2 Å². The Hall–Kier alpha value is -2.36. The zero-order valence-electron chi connectivity index (χ0n) is 17.6. The number of hydrogen-bond acceptors (Lipinski definition) is 7. The fraction of sp³-hybridized carbons (Fsp3) is 0.333. The van der Waals surface area contributed by atoms with Crippen molar-refractivity contribution in [3.63, 3.8) is 0 Å². The van der Waals surface area contributed by atoms with E-state index in [1.165, 1.54) is 6.07 Å². The van der Waals surface area contributed by atoms with Crippen LogP contribution in [0.4, 0.5) is 9.57 Å². The number of benzene rings is 2. The van der Waals surface area contributed by atoms with E-state index in [1.54, 1.807) is 17.0 Å². The van der Waals surface area contributed by atoms with Crippen molar-refractivity contribution in [1.29, 1.82) is 0 Å². The second-order valence-electron chi connectivity index (χ2n) is 7.94. The molecule has 0 saturated carbocycles. The van der Waals surface area contributed by atoms with E-state index in [1.807, 2.05) is 26.0 Å². The Morgan fingerprint density at radius 1 is 1.03 bits per heavy atom. The Kier molecular flexibility index (Phi) is 7.02. The molecule has 0 aliphatic carbocycles. The van der Waals surface area contributed by atoms with Crippen LogP contribution in [0.25, 0.3) is 0 Å². The zero-order chi connectivity index (χ0) is 23.7. The summed E-state index contributed by atoms with van der Waals surface area (Å²) in [6.45, 7) is 3.73. The molecule has 172 valence electrons. The molecule has 4 N–H and O–H groups in total. The van der Waals surface area contributed by atoms with Gasteiger partial charge < -0.3 is 11.5 Å². The molecule has 0 spiro atoms. The average molecular weight is 500 g/mol. The number of rotatable bonds is 7. The summed E-state index contributed by atoms with van der Waals surface area (Å²) in [5.74, 6) is 0.351. The maximum absolute atomic E-state index is 13.5. The maximum Gasteiger partial charge on any atom is 0.332 e. The third-order valence-corrected chi connectivity index (χ3v) is 6.61. The highest BCUT2D eigenvalue weighted by molar-refractivity contribution is 7.86. The van der Waals surface area contributed by atoms with Gasteiger partial charge in [-0.05, 0) is 74.9 Å². The first-order chi connectivity index (χ1) is 14.9. The first kappa shape index (κ1) is 24.3. The summed E-state index contributed by atoms with van der Waals surface area (Å²) in [5.41, 5.74) is 13.1. The number of halogens is 3. The highest BCUT2D eigenvalue weighted by Gasteiger charge is 2.33. The Morgan fingerprint density at radius 3 is 2.25 bits per heavy atom. The van der Waals surface area contributed by atoms with Crippen molar-refractivity contribution in [2.24, 2.45) is 21.5 Å². The first-order valence-corrected chi connectivity index (χ1v) is 12.0. The van der Waals surface area contributed by atoms with Crippen LogP contribution in [0, 0.1) is 0 Å². The van der Waals surface area contributed by atoms with Crippen LogP contribution in [0.3, 0.4) is 0 Å². The number of nitrogens with two attached hydrogens (primary N) is 2. The molecule has 2 aromatic rings. The number of aliphatic imine (C=N–C) groups is 2. The van der Waals surface area contributed by atoms with E-state index in [0.29, 0.717) is 29.8 Å². The largest absolute Gasteiger partial charge is 0.369 e. The third-order valence-electron chi connectivity index (χ3n) is 5.12. The van der Waals surface area contributed by atoms with Gasteiger partial charge in [0, 0.05) is 15.7 Å². The number of anilines is 1. The molecule has 0 unspecified atom stereocenters. The summed E-state index contributed by atoms with van der Waals surface area (Å²) in [5, 5.41) is 0.736. The van der Waals surface area contributed by atoms with Crippen LogP contribution in [0.2, 0.25) is 10.0 Å². The number of nitrogens with zero attached hydrogens (tertiary/aromatic N) is 3. The van der Waals surface area contributed by atoms with Crippen LogP contribution in [0.15, 0.2) is 51.3 Å². The molecule has 32 heavy (non-hydrogen) atoms. The molecule has 0 bridgehead atoms. The summed E-state index contributed by atoms with van der Waals surface area (Å²) in [6, 6.07) is 9.81. The molecule has 1 aliphatic rings. The lowest BCUT2D eigenvalue weighted by atomic mass is 10.0. The lowest BCUT2D eigenvalue weighted by Crippen LogP contribution is -2.54. The molecular formula is C21H24Cl2FN5O2S. The molecule has 3 rings (SSSR count). The fourth-order valence-corrected chi connectivity index (χ4v) is 4.98. The summed E-state index contributed by atoms with van der Waals surface area (Å²) < 4.78 is 36.3. The van der Waals surface area contributed by atoms with Crippen molar-refractivity contribution < 1.29 is 12.3 Å². The monoisotopic (exact) mass is 499 g/mol. The number of aryl methyl sites for hydroxylation is 2. The fourth-order valence-electron chi connectivity index (χ4n) is 3.72. The predicted molar refractivity (Wildman–Crippen MR) is 128 cm³/mol. The Bertz CT molecular complexity index is 1200. The predicted octanol–water partition coefficient (Wildman–Crippen LogP) is 4.40. The molecule has 0 radical (unpaired) electrons. The molecule has 7 nitrogen and oxygen atoms in total. The minimum absolute atomic E-state index is 0.121. The Morgan fingerprint density at radius 2 is 1.66 bits per heavy atom. The molecule has 0 saturated heterocycles. The van der Waals surface area contributed by atoms with Gasteiger partial charge in [0.2, 0.25) is 11.9 Å². The third kappa shape index (κ3) is 5.51. The van der Waals surface area contributed by atoms with Gasteiger partial charge in [0.25, 0.3) is 0 Å². The van der Waals surface area contributed by atoms with Crippen molar-refractivity contribution in [2.75, 3.05) is 4.90 Å². The highest BCUT2D eigenvalue weighted by atomic mass is 35.5. The second-order valence-corrected chi connectivity index (χ2v) is 10.1. The van der Waals surface area contributed by atoms with Crippen LogP contribution in [-0.4, -0.2) is 26.0 Å². The summed E-state index contributed by atoms with van der Waals surface area (Å²) in [6.07, 6.45) is 2.45. The lowest BCUT2D eigenvalue weighted by Gasteiger charge is -2.38. The van der Waals surface area contributed by atoms with E-state index in [9.17, 15) is 12.3 Å². The summed E-state index contributed by atoms with van der Waals surface area (Å²) in [7, 11) is -4.83. The van der Waals surface area contributed by atoms with Gasteiger partial charge in [0.1, 0.15) is 10.6 Å². The van der Waals surface area contributed by atoms with E-state index in [4.69, 9.17) is 34.7 Å². The van der Waals surface area contributed by atoms with Crippen LogP contribution in [-0.2, 0) is 23.1 Å². The zero-order valence-corrected chi connectivity index (χ0v) is 20.0. The quantitative estimate of drug-likeness (QED) is 0.432. The molecule has 11 heteroatoms. The van der Waals surface area contributed by atoms with Gasteiger partial charge in [-0.15, -0.1) is 3.89 Å². The van der Waals surface area contributed by atoms with E-state index in [2.05, 4.69) is 9.98 Å². The Balaban J connectivity index is 1.67. The molecule has 0 aromatic heterocycles. The minimum atomic E-state index is -4.83. The van der Waals surface area contributed by atoms with Crippen molar-refractivity contribution in [3.05, 3.63) is 57.6 Å². The Labute approximate surface area is 197 Å². The normalized spacial score (nSPS) is 16.0. The molecule has 2 aromatic carbocycles. The average Bonchev–Trinajstić information content (AvgIpc) is 2.65. The smallest absolute Gasteiger partial charge is 0.332 e. The highest BCUT2D eigenvalue weighted by Crippen LogP contribution is 2.31. The lowest BCUT2D eigenvalue weighted by molar-refractivity contribution is 0.534. The molecule has 1 aliphatic heterocycles. The van der Waals surface area contributed by atoms with E-state index in [-0.39, 0.29) is 21.8 Å². The van der Waals surface area contributed by atoms with Gasteiger partial charge in [-0.2, -0.15) is 13.4 Å².